The monoisotopic (exact) mass is 608 g/mol. The van der Waals surface area contributed by atoms with Gasteiger partial charge in [0.2, 0.25) is 0 Å². The summed E-state index contributed by atoms with van der Waals surface area (Å²) in [5.74, 6) is 6.26. The molecule has 3 aromatic rings. The van der Waals surface area contributed by atoms with E-state index in [2.05, 4.69) is 22.5 Å². The molecule has 41 heavy (non-hydrogen) atoms. The molecule has 1 aliphatic heterocycles. The van der Waals surface area contributed by atoms with Crippen LogP contribution in [0.4, 0.5) is 28.9 Å². The molecule has 1 saturated heterocycles. The molecule has 2 heterocycles. The van der Waals surface area contributed by atoms with Crippen molar-refractivity contribution >= 4 is 42.5 Å². The molecular formula is C29H32F4N4O2S2. The average Bonchev–Trinajstić information content (AvgIpc) is 3.72. The van der Waals surface area contributed by atoms with Gasteiger partial charge < -0.3 is 20.3 Å². The SMILES string of the molecule is COc1cc([S@@](=N)(=O)C2CC2)ccc1NCC#Cc1sc2c(N[C@H]3CCN(C)C[C@H]3F)cccc2c1CC(F)(F)F. The highest BCUT2D eigenvalue weighted by atomic mass is 32.2. The minimum absolute atomic E-state index is 0.112. The van der Waals surface area contributed by atoms with E-state index in [9.17, 15) is 21.8 Å². The molecule has 5 rings (SSSR count). The van der Waals surface area contributed by atoms with Gasteiger partial charge in [0.1, 0.15) is 11.9 Å². The molecule has 1 saturated carbocycles. The van der Waals surface area contributed by atoms with E-state index in [1.807, 2.05) is 11.9 Å². The Morgan fingerprint density at radius 1 is 1.20 bits per heavy atom. The number of benzene rings is 2. The number of nitrogens with one attached hydrogen (secondary N) is 3. The maximum absolute atomic E-state index is 14.7. The molecule has 0 radical (unpaired) electrons. The van der Waals surface area contributed by atoms with Crippen LogP contribution >= 0.6 is 11.3 Å². The average molecular weight is 609 g/mol. The second-order valence-electron chi connectivity index (χ2n) is 10.5. The number of ether oxygens (including phenoxy) is 1. The van der Waals surface area contributed by atoms with Gasteiger partial charge in [-0.1, -0.05) is 24.0 Å². The third-order valence-electron chi connectivity index (χ3n) is 7.37. The molecule has 3 N–H and O–H groups in total. The van der Waals surface area contributed by atoms with Gasteiger partial charge in [-0.2, -0.15) is 13.2 Å². The fourth-order valence-electron chi connectivity index (χ4n) is 5.04. The number of piperidine rings is 1. The van der Waals surface area contributed by atoms with Gasteiger partial charge in [0.15, 0.2) is 0 Å². The summed E-state index contributed by atoms with van der Waals surface area (Å²) in [5, 5.41) is 6.69. The molecular weight excluding hydrogens is 576 g/mol. The van der Waals surface area contributed by atoms with Crippen LogP contribution in [0.15, 0.2) is 41.3 Å². The number of fused-ring (bicyclic) bond motifs is 1. The highest BCUT2D eigenvalue weighted by molar-refractivity contribution is 7.93. The molecule has 0 amide bonds. The van der Waals surface area contributed by atoms with E-state index in [4.69, 9.17) is 9.52 Å². The number of alkyl halides is 4. The Labute approximate surface area is 241 Å². The number of hydrogen-bond donors (Lipinski definition) is 3. The fourth-order valence-corrected chi connectivity index (χ4v) is 7.95. The van der Waals surface area contributed by atoms with Crippen LogP contribution in [0.25, 0.3) is 10.1 Å². The van der Waals surface area contributed by atoms with E-state index in [0.717, 1.165) is 19.4 Å². The molecule has 0 unspecified atom stereocenters. The maximum atomic E-state index is 14.7. The molecule has 220 valence electrons. The second-order valence-corrected chi connectivity index (χ2v) is 13.9. The first-order chi connectivity index (χ1) is 19.5. The number of methoxy groups -OCH3 is 1. The van der Waals surface area contributed by atoms with E-state index in [1.165, 1.54) is 18.4 Å². The Balaban J connectivity index is 1.38. The van der Waals surface area contributed by atoms with Gasteiger partial charge in [-0.15, -0.1) is 11.3 Å². The number of likely N-dealkylation sites (tertiary alicyclic amines) is 1. The Hall–Kier alpha value is -3.01. The van der Waals surface area contributed by atoms with Crippen LogP contribution in [0.1, 0.15) is 29.7 Å². The lowest BCUT2D eigenvalue weighted by molar-refractivity contribution is -0.126. The Kier molecular flexibility index (Phi) is 8.41. The molecule has 2 aromatic carbocycles. The zero-order valence-electron chi connectivity index (χ0n) is 22.7. The van der Waals surface area contributed by atoms with Crippen LogP contribution in [0.5, 0.6) is 5.75 Å². The molecule has 12 heteroatoms. The summed E-state index contributed by atoms with van der Waals surface area (Å²) < 4.78 is 82.5. The van der Waals surface area contributed by atoms with Crippen LogP contribution in [-0.4, -0.2) is 66.5 Å². The number of thiophene rings is 1. The Morgan fingerprint density at radius 3 is 2.66 bits per heavy atom. The first kappa shape index (κ1) is 29.5. The van der Waals surface area contributed by atoms with Crippen LogP contribution in [0.3, 0.4) is 0 Å². The summed E-state index contributed by atoms with van der Waals surface area (Å²) in [5.41, 5.74) is 1.30. The van der Waals surface area contributed by atoms with Crippen molar-refractivity contribution < 1.29 is 26.5 Å². The maximum Gasteiger partial charge on any atom is 0.393 e. The number of rotatable bonds is 8. The standard InChI is InChI=1S/C29H32F4N4O2S2/c1-37-14-12-23(22(30)17-37)36-25-6-3-5-20-21(16-29(31,32)33)27(40-28(20)25)7-4-13-35-24-11-10-19(15-26(24)39-2)41(34,38)18-8-9-18/h3,5-6,10-11,15,18,22-23,34-36H,8-9,12-14,16-17H2,1-2H3/t22-,23+,41+/m1/s1. The highest BCUT2D eigenvalue weighted by Crippen LogP contribution is 2.40. The lowest BCUT2D eigenvalue weighted by Crippen LogP contribution is -2.46. The lowest BCUT2D eigenvalue weighted by atomic mass is 10.0. The third-order valence-corrected chi connectivity index (χ3v) is 10.9. The number of halogens is 4. The van der Waals surface area contributed by atoms with E-state index in [1.54, 1.807) is 36.4 Å². The number of nitrogens with zero attached hydrogens (tertiary/aromatic N) is 1. The van der Waals surface area contributed by atoms with Gasteiger partial charge >= 0.3 is 6.18 Å². The Morgan fingerprint density at radius 2 is 1.98 bits per heavy atom. The minimum Gasteiger partial charge on any atom is -0.495 e. The van der Waals surface area contributed by atoms with Crippen molar-refractivity contribution in [1.82, 2.24) is 4.90 Å². The van der Waals surface area contributed by atoms with Crippen molar-refractivity contribution in [2.45, 2.75) is 54.2 Å². The van der Waals surface area contributed by atoms with E-state index in [-0.39, 0.29) is 17.4 Å². The predicted octanol–water partition coefficient (Wildman–Crippen LogP) is 6.50. The highest BCUT2D eigenvalue weighted by Gasteiger charge is 2.34. The predicted molar refractivity (Wildman–Crippen MR) is 157 cm³/mol. The van der Waals surface area contributed by atoms with Gasteiger partial charge in [-0.05, 0) is 61.5 Å². The minimum atomic E-state index is -4.42. The van der Waals surface area contributed by atoms with Crippen molar-refractivity contribution in [3.8, 4) is 17.6 Å². The molecule has 0 spiro atoms. The van der Waals surface area contributed by atoms with E-state index >= 15 is 0 Å². The summed E-state index contributed by atoms with van der Waals surface area (Å²) in [4.78, 5) is 2.65. The van der Waals surface area contributed by atoms with Crippen LogP contribution < -0.4 is 15.4 Å². The Bertz CT molecular complexity index is 1590. The van der Waals surface area contributed by atoms with Crippen molar-refractivity contribution in [2.75, 3.05) is 44.4 Å². The van der Waals surface area contributed by atoms with Gasteiger partial charge in [0.25, 0.3) is 0 Å². The molecule has 1 aromatic heterocycles. The van der Waals surface area contributed by atoms with Crippen molar-refractivity contribution in [3.05, 3.63) is 46.8 Å². The molecule has 6 nitrogen and oxygen atoms in total. The van der Waals surface area contributed by atoms with Crippen LogP contribution in [0.2, 0.25) is 0 Å². The summed E-state index contributed by atoms with van der Waals surface area (Å²) in [6, 6.07) is 9.61. The van der Waals surface area contributed by atoms with Crippen molar-refractivity contribution in [3.63, 3.8) is 0 Å². The van der Waals surface area contributed by atoms with Gasteiger partial charge in [-0.25, -0.2) is 13.4 Å². The van der Waals surface area contributed by atoms with E-state index in [0.29, 0.717) is 49.9 Å². The topological polar surface area (TPSA) is 77.4 Å². The van der Waals surface area contributed by atoms with Gasteiger partial charge in [0.05, 0.1) is 61.7 Å². The summed E-state index contributed by atoms with van der Waals surface area (Å²) in [6.45, 7) is 1.16. The molecule has 1 aliphatic carbocycles. The van der Waals surface area contributed by atoms with Crippen LogP contribution in [0, 0.1) is 16.6 Å². The lowest BCUT2D eigenvalue weighted by Gasteiger charge is -2.33. The zero-order valence-corrected chi connectivity index (χ0v) is 24.4. The van der Waals surface area contributed by atoms with E-state index < -0.39 is 34.5 Å². The second kappa shape index (κ2) is 11.7. The normalized spacial score (nSPS) is 21.1. The number of anilines is 2. The summed E-state index contributed by atoms with van der Waals surface area (Å²) >= 11 is 1.17. The number of hydrogen-bond acceptors (Lipinski definition) is 7. The van der Waals surface area contributed by atoms with Gasteiger partial charge in [0, 0.05) is 18.3 Å². The summed E-state index contributed by atoms with van der Waals surface area (Å²) in [6.07, 6.45) is -4.47. The quantitative estimate of drug-likeness (QED) is 0.201. The smallest absolute Gasteiger partial charge is 0.393 e. The van der Waals surface area contributed by atoms with Crippen molar-refractivity contribution in [1.29, 1.82) is 4.78 Å². The van der Waals surface area contributed by atoms with Gasteiger partial charge in [-0.3, -0.25) is 0 Å². The fraction of sp³-hybridized carbons (Fsp3) is 0.448. The largest absolute Gasteiger partial charge is 0.495 e. The first-order valence-corrected chi connectivity index (χ1v) is 15.8. The zero-order chi connectivity index (χ0) is 29.4. The van der Waals surface area contributed by atoms with Crippen molar-refractivity contribution in [2.24, 2.45) is 0 Å². The molecule has 2 fully saturated rings. The summed E-state index contributed by atoms with van der Waals surface area (Å²) in [7, 11) is 0.455. The molecule has 3 atom stereocenters. The third kappa shape index (κ3) is 6.74. The molecule has 2 aliphatic rings. The molecule has 0 bridgehead atoms. The first-order valence-electron chi connectivity index (χ1n) is 13.3. The van der Waals surface area contributed by atoms with Crippen LogP contribution in [-0.2, 0) is 16.1 Å².